The van der Waals surface area contributed by atoms with Gasteiger partial charge in [-0.2, -0.15) is 0 Å². The molecule has 0 aliphatic carbocycles. The van der Waals surface area contributed by atoms with E-state index in [4.69, 9.17) is 23.2 Å². The van der Waals surface area contributed by atoms with E-state index in [0.29, 0.717) is 20.9 Å². The Kier molecular flexibility index (Phi) is 3.76. The highest BCUT2D eigenvalue weighted by Gasteiger charge is 2.08. The zero-order valence-electron chi connectivity index (χ0n) is 8.85. The molecular weight excluding hydrogens is 279 g/mol. The van der Waals surface area contributed by atoms with Crippen molar-refractivity contribution in [2.45, 2.75) is 5.16 Å². The lowest BCUT2D eigenvalue weighted by molar-refractivity contribution is 0.798. The van der Waals surface area contributed by atoms with E-state index in [1.54, 1.807) is 18.2 Å². The molecule has 0 bridgehead atoms. The third kappa shape index (κ3) is 2.65. The third-order valence-electron chi connectivity index (χ3n) is 2.10. The Morgan fingerprint density at radius 1 is 1.24 bits per heavy atom. The molecule has 0 unspecified atom stereocenters. The molecule has 0 aliphatic rings. The van der Waals surface area contributed by atoms with Crippen molar-refractivity contribution in [2.24, 2.45) is 0 Å². The van der Waals surface area contributed by atoms with E-state index < -0.39 is 0 Å². The van der Waals surface area contributed by atoms with Crippen LogP contribution in [0.15, 0.2) is 40.4 Å². The van der Waals surface area contributed by atoms with Gasteiger partial charge >= 0.3 is 0 Å². The summed E-state index contributed by atoms with van der Waals surface area (Å²) in [6, 6.07) is 6.37. The monoisotopic (exact) mass is 286 g/mol. The van der Waals surface area contributed by atoms with Crippen LogP contribution in [0.4, 0.5) is 0 Å². The summed E-state index contributed by atoms with van der Waals surface area (Å²) in [6.07, 6.45) is 3.33. The van der Waals surface area contributed by atoms with Crippen LogP contribution >= 0.6 is 35.0 Å². The molecule has 1 heterocycles. The molecule has 17 heavy (non-hydrogen) atoms. The lowest BCUT2D eigenvalue weighted by Crippen LogP contribution is -2.19. The van der Waals surface area contributed by atoms with Crippen molar-refractivity contribution in [3.05, 3.63) is 50.9 Å². The van der Waals surface area contributed by atoms with Crippen LogP contribution in [0.3, 0.4) is 0 Å². The molecule has 0 amide bonds. The second-order valence-corrected chi connectivity index (χ2v) is 4.88. The first-order chi connectivity index (χ1) is 8.11. The molecule has 0 radical (unpaired) electrons. The van der Waals surface area contributed by atoms with Crippen LogP contribution < -0.4 is 5.56 Å². The van der Waals surface area contributed by atoms with Gasteiger partial charge in [0.05, 0.1) is 5.69 Å². The molecule has 88 valence electrons. The van der Waals surface area contributed by atoms with Gasteiger partial charge in [0, 0.05) is 22.3 Å². The first kappa shape index (κ1) is 12.5. The molecule has 0 aliphatic heterocycles. The van der Waals surface area contributed by atoms with Crippen LogP contribution in [0.2, 0.25) is 10.0 Å². The summed E-state index contributed by atoms with van der Waals surface area (Å²) in [5.74, 6) is 0. The first-order valence-corrected chi connectivity index (χ1v) is 6.68. The average Bonchev–Trinajstić information content (AvgIpc) is 2.27. The normalized spacial score (nSPS) is 10.5. The molecule has 2 aromatic rings. The number of rotatable bonds is 2. The van der Waals surface area contributed by atoms with Crippen molar-refractivity contribution in [2.75, 3.05) is 6.26 Å². The van der Waals surface area contributed by atoms with Gasteiger partial charge in [-0.15, -0.1) is 0 Å². The second-order valence-electron chi connectivity index (χ2n) is 3.23. The Balaban J connectivity index is 2.71. The summed E-state index contributed by atoms with van der Waals surface area (Å²) in [5, 5.41) is 1.56. The minimum atomic E-state index is -0.164. The molecule has 3 nitrogen and oxygen atoms in total. The fourth-order valence-corrected chi connectivity index (χ4v) is 2.50. The van der Waals surface area contributed by atoms with Crippen molar-refractivity contribution in [1.82, 2.24) is 9.55 Å². The Labute approximate surface area is 112 Å². The number of hydrogen-bond acceptors (Lipinski definition) is 3. The predicted molar refractivity (Wildman–Crippen MR) is 71.6 cm³/mol. The SMILES string of the molecule is CSc1nccc(=O)n1-c1cc(Cl)cc(Cl)c1. The van der Waals surface area contributed by atoms with Gasteiger partial charge in [0.2, 0.25) is 0 Å². The minimum Gasteiger partial charge on any atom is -0.269 e. The minimum absolute atomic E-state index is 0.164. The maximum atomic E-state index is 11.8. The molecule has 2 rings (SSSR count). The standard InChI is InChI=1S/C11H8Cl2N2OS/c1-17-11-14-3-2-10(16)15(11)9-5-7(12)4-8(13)6-9/h2-6H,1H3. The Morgan fingerprint density at radius 2 is 1.88 bits per heavy atom. The lowest BCUT2D eigenvalue weighted by Gasteiger charge is -2.10. The highest BCUT2D eigenvalue weighted by atomic mass is 35.5. The number of aromatic nitrogens is 2. The average molecular weight is 287 g/mol. The Hall–Kier alpha value is -0.970. The third-order valence-corrected chi connectivity index (χ3v) is 3.19. The Bertz CT molecular complexity index is 592. The van der Waals surface area contributed by atoms with Gasteiger partial charge in [0.15, 0.2) is 5.16 Å². The fourth-order valence-electron chi connectivity index (χ4n) is 1.44. The van der Waals surface area contributed by atoms with E-state index in [0.717, 1.165) is 0 Å². The number of hydrogen-bond donors (Lipinski definition) is 0. The van der Waals surface area contributed by atoms with E-state index in [2.05, 4.69) is 4.98 Å². The van der Waals surface area contributed by atoms with Crippen molar-refractivity contribution < 1.29 is 0 Å². The molecule has 0 saturated carbocycles. The topological polar surface area (TPSA) is 34.9 Å². The van der Waals surface area contributed by atoms with E-state index in [9.17, 15) is 4.79 Å². The summed E-state index contributed by atoms with van der Waals surface area (Å²) < 4.78 is 1.47. The van der Waals surface area contributed by atoms with Crippen LogP contribution in [-0.4, -0.2) is 15.8 Å². The van der Waals surface area contributed by atoms with Gasteiger partial charge in [-0.1, -0.05) is 35.0 Å². The molecule has 0 atom stereocenters. The smallest absolute Gasteiger partial charge is 0.258 e. The quantitative estimate of drug-likeness (QED) is 0.628. The van der Waals surface area contributed by atoms with Gasteiger partial charge in [-0.05, 0) is 24.5 Å². The van der Waals surface area contributed by atoms with Crippen LogP contribution in [-0.2, 0) is 0 Å². The summed E-state index contributed by atoms with van der Waals surface area (Å²) in [7, 11) is 0. The summed E-state index contributed by atoms with van der Waals surface area (Å²) >= 11 is 13.2. The summed E-state index contributed by atoms with van der Waals surface area (Å²) in [4.78, 5) is 16.0. The molecule has 0 N–H and O–H groups in total. The van der Waals surface area contributed by atoms with Gasteiger partial charge < -0.3 is 0 Å². The van der Waals surface area contributed by atoms with E-state index in [1.165, 1.54) is 28.6 Å². The number of thioether (sulfide) groups is 1. The van der Waals surface area contributed by atoms with Gasteiger partial charge in [-0.25, -0.2) is 4.98 Å². The predicted octanol–water partition coefficient (Wildman–Crippen LogP) is 3.26. The van der Waals surface area contributed by atoms with E-state index in [-0.39, 0.29) is 5.56 Å². The Morgan fingerprint density at radius 3 is 2.47 bits per heavy atom. The zero-order valence-corrected chi connectivity index (χ0v) is 11.2. The lowest BCUT2D eigenvalue weighted by atomic mass is 10.3. The molecule has 0 fully saturated rings. The van der Waals surface area contributed by atoms with Gasteiger partial charge in [-0.3, -0.25) is 9.36 Å². The highest BCUT2D eigenvalue weighted by Crippen LogP contribution is 2.23. The maximum absolute atomic E-state index is 11.8. The molecule has 0 saturated heterocycles. The van der Waals surface area contributed by atoms with Crippen molar-refractivity contribution >= 4 is 35.0 Å². The highest BCUT2D eigenvalue weighted by molar-refractivity contribution is 7.98. The fraction of sp³-hybridized carbons (Fsp3) is 0.0909. The zero-order chi connectivity index (χ0) is 12.4. The summed E-state index contributed by atoms with van der Waals surface area (Å²) in [6.45, 7) is 0. The summed E-state index contributed by atoms with van der Waals surface area (Å²) in [5.41, 5.74) is 0.452. The first-order valence-electron chi connectivity index (χ1n) is 4.70. The largest absolute Gasteiger partial charge is 0.269 e. The molecular formula is C11H8Cl2N2OS. The van der Waals surface area contributed by atoms with E-state index in [1.807, 2.05) is 6.26 Å². The van der Waals surface area contributed by atoms with Gasteiger partial charge in [0.25, 0.3) is 5.56 Å². The van der Waals surface area contributed by atoms with Crippen molar-refractivity contribution in [3.63, 3.8) is 0 Å². The number of benzene rings is 1. The van der Waals surface area contributed by atoms with E-state index >= 15 is 0 Å². The van der Waals surface area contributed by atoms with Crippen molar-refractivity contribution in [1.29, 1.82) is 0 Å². The number of halogens is 2. The maximum Gasteiger partial charge on any atom is 0.258 e. The second kappa shape index (κ2) is 5.12. The van der Waals surface area contributed by atoms with Crippen LogP contribution in [0.1, 0.15) is 0 Å². The van der Waals surface area contributed by atoms with Crippen molar-refractivity contribution in [3.8, 4) is 5.69 Å². The molecule has 1 aromatic carbocycles. The molecule has 6 heteroatoms. The molecule has 0 spiro atoms. The van der Waals surface area contributed by atoms with Crippen LogP contribution in [0.5, 0.6) is 0 Å². The number of nitrogens with zero attached hydrogens (tertiary/aromatic N) is 2. The van der Waals surface area contributed by atoms with Gasteiger partial charge in [0.1, 0.15) is 0 Å². The van der Waals surface area contributed by atoms with Crippen LogP contribution in [0, 0.1) is 0 Å². The van der Waals surface area contributed by atoms with Crippen LogP contribution in [0.25, 0.3) is 5.69 Å². The molecule has 1 aromatic heterocycles.